The summed E-state index contributed by atoms with van der Waals surface area (Å²) in [7, 11) is 0. The lowest BCUT2D eigenvalue weighted by Gasteiger charge is -2.52. The van der Waals surface area contributed by atoms with Crippen molar-refractivity contribution in [2.75, 3.05) is 0 Å². The molecular weight excluding hydrogens is 300 g/mol. The van der Waals surface area contributed by atoms with Crippen molar-refractivity contribution in [3.05, 3.63) is 0 Å². The molecule has 4 aliphatic rings. The van der Waals surface area contributed by atoms with E-state index in [0.29, 0.717) is 0 Å². The molecule has 4 saturated carbocycles. The molecule has 0 aliphatic heterocycles. The van der Waals surface area contributed by atoms with Crippen LogP contribution in [0.1, 0.15) is 104 Å². The van der Waals surface area contributed by atoms with Gasteiger partial charge >= 0.3 is 0 Å². The normalized spacial score (nSPS) is 44.9. The Morgan fingerprint density at radius 2 is 1.24 bits per heavy atom. The summed E-state index contributed by atoms with van der Waals surface area (Å²) in [6.45, 7) is 7.38. The zero-order chi connectivity index (χ0) is 17.4. The van der Waals surface area contributed by atoms with Crippen LogP contribution in [-0.2, 0) is 0 Å². The molecule has 0 aromatic carbocycles. The van der Waals surface area contributed by atoms with Gasteiger partial charge in [0.05, 0.1) is 0 Å². The van der Waals surface area contributed by atoms with E-state index in [0.717, 1.165) is 53.3 Å². The van der Waals surface area contributed by atoms with Crippen LogP contribution in [0.3, 0.4) is 0 Å². The van der Waals surface area contributed by atoms with Gasteiger partial charge in [0.2, 0.25) is 0 Å². The van der Waals surface area contributed by atoms with E-state index in [4.69, 9.17) is 0 Å². The van der Waals surface area contributed by atoms with Gasteiger partial charge in [-0.1, -0.05) is 59.3 Å². The van der Waals surface area contributed by atoms with Crippen LogP contribution in [0.5, 0.6) is 0 Å². The first kappa shape index (κ1) is 18.4. The van der Waals surface area contributed by atoms with Crippen LogP contribution in [-0.4, -0.2) is 0 Å². The maximum atomic E-state index is 2.61. The summed E-state index contributed by atoms with van der Waals surface area (Å²) in [6, 6.07) is 0. The minimum Gasteiger partial charge on any atom is -0.0628 e. The minimum absolute atomic E-state index is 0.893. The highest BCUT2D eigenvalue weighted by molar-refractivity contribution is 5.01. The molecular formula is C25H44. The van der Waals surface area contributed by atoms with Gasteiger partial charge < -0.3 is 0 Å². The van der Waals surface area contributed by atoms with Crippen LogP contribution in [0.15, 0.2) is 0 Å². The summed E-state index contributed by atoms with van der Waals surface area (Å²) >= 11 is 0. The van der Waals surface area contributed by atoms with Gasteiger partial charge in [0.15, 0.2) is 0 Å². The first-order valence-electron chi connectivity index (χ1n) is 12.1. The monoisotopic (exact) mass is 344 g/mol. The average Bonchev–Trinajstić information content (AvgIpc) is 3.05. The van der Waals surface area contributed by atoms with Crippen molar-refractivity contribution in [2.24, 2.45) is 53.3 Å². The second-order valence-corrected chi connectivity index (χ2v) is 11.1. The molecule has 0 N–H and O–H groups in total. The maximum Gasteiger partial charge on any atom is -0.0352 e. The van der Waals surface area contributed by atoms with Crippen molar-refractivity contribution in [2.45, 2.75) is 104 Å². The van der Waals surface area contributed by atoms with Crippen LogP contribution in [0.25, 0.3) is 0 Å². The molecule has 25 heavy (non-hydrogen) atoms. The molecule has 0 radical (unpaired) electrons. The summed E-state index contributed by atoms with van der Waals surface area (Å²) in [5.41, 5.74) is 0. The smallest absolute Gasteiger partial charge is 0.0352 e. The Hall–Kier alpha value is 0. The fourth-order valence-corrected chi connectivity index (χ4v) is 8.30. The van der Waals surface area contributed by atoms with E-state index in [-0.39, 0.29) is 0 Å². The van der Waals surface area contributed by atoms with Crippen molar-refractivity contribution < 1.29 is 0 Å². The summed E-state index contributed by atoms with van der Waals surface area (Å²) in [5.74, 6) is 9.81. The quantitative estimate of drug-likeness (QED) is 0.479. The second-order valence-electron chi connectivity index (χ2n) is 11.1. The highest BCUT2D eigenvalue weighted by atomic mass is 14.6. The Bertz CT molecular complexity index is 424. The SMILES string of the molecule is CC(C)CCCC(C)C1CCC2C1CCC1C3CCCCC3CCC12. The van der Waals surface area contributed by atoms with Gasteiger partial charge in [-0.3, -0.25) is 0 Å². The first-order chi connectivity index (χ1) is 12.1. The minimum atomic E-state index is 0.893. The predicted octanol–water partition coefficient (Wildman–Crippen LogP) is 7.72. The Labute approximate surface area is 157 Å². The topological polar surface area (TPSA) is 0 Å². The molecule has 144 valence electrons. The fourth-order valence-electron chi connectivity index (χ4n) is 8.30. The fraction of sp³-hybridized carbons (Fsp3) is 1.00. The van der Waals surface area contributed by atoms with Crippen molar-refractivity contribution in [1.82, 2.24) is 0 Å². The molecule has 0 spiro atoms. The number of fused-ring (bicyclic) bond motifs is 5. The van der Waals surface area contributed by atoms with Gasteiger partial charge in [-0.2, -0.15) is 0 Å². The number of rotatable bonds is 5. The molecule has 4 aliphatic carbocycles. The molecule has 4 fully saturated rings. The Morgan fingerprint density at radius 3 is 2.08 bits per heavy atom. The predicted molar refractivity (Wildman–Crippen MR) is 108 cm³/mol. The van der Waals surface area contributed by atoms with E-state index in [9.17, 15) is 0 Å². The van der Waals surface area contributed by atoms with Gasteiger partial charge in [-0.15, -0.1) is 0 Å². The second kappa shape index (κ2) is 7.93. The highest BCUT2D eigenvalue weighted by Crippen LogP contribution is 2.60. The lowest BCUT2D eigenvalue weighted by molar-refractivity contribution is -0.0281. The maximum absolute atomic E-state index is 2.61. The molecule has 0 aromatic heterocycles. The third-order valence-electron chi connectivity index (χ3n) is 9.43. The molecule has 8 atom stereocenters. The number of hydrogen-bond donors (Lipinski definition) is 0. The van der Waals surface area contributed by atoms with E-state index >= 15 is 0 Å². The highest BCUT2D eigenvalue weighted by Gasteiger charge is 2.51. The van der Waals surface area contributed by atoms with E-state index in [1.165, 1.54) is 19.3 Å². The average molecular weight is 345 g/mol. The molecule has 8 unspecified atom stereocenters. The lowest BCUT2D eigenvalue weighted by atomic mass is 9.53. The van der Waals surface area contributed by atoms with Gasteiger partial charge in [0.1, 0.15) is 0 Å². The molecule has 0 aromatic rings. The molecule has 0 bridgehead atoms. The summed E-state index contributed by atoms with van der Waals surface area (Å²) < 4.78 is 0. The first-order valence-corrected chi connectivity index (χ1v) is 12.1. The standard InChI is InChI=1S/C25H44/c1-17(2)7-6-8-18(3)20-13-14-25-22(20)15-16-23-21-10-5-4-9-19(21)11-12-24(23)25/h17-25H,4-16H2,1-3H3. The van der Waals surface area contributed by atoms with Crippen LogP contribution >= 0.6 is 0 Å². The molecule has 0 amide bonds. The van der Waals surface area contributed by atoms with Crippen molar-refractivity contribution in [3.8, 4) is 0 Å². The van der Waals surface area contributed by atoms with Crippen LogP contribution in [0.2, 0.25) is 0 Å². The van der Waals surface area contributed by atoms with Gasteiger partial charge in [-0.25, -0.2) is 0 Å². The summed E-state index contributed by atoms with van der Waals surface area (Å²) in [4.78, 5) is 0. The zero-order valence-corrected chi connectivity index (χ0v) is 17.4. The van der Waals surface area contributed by atoms with Gasteiger partial charge in [0.25, 0.3) is 0 Å². The Kier molecular flexibility index (Phi) is 5.83. The van der Waals surface area contributed by atoms with E-state index in [2.05, 4.69) is 20.8 Å². The molecule has 0 saturated heterocycles. The van der Waals surface area contributed by atoms with Gasteiger partial charge in [-0.05, 0) is 98.2 Å². The van der Waals surface area contributed by atoms with E-state index < -0.39 is 0 Å². The van der Waals surface area contributed by atoms with Crippen LogP contribution in [0, 0.1) is 53.3 Å². The van der Waals surface area contributed by atoms with Crippen molar-refractivity contribution in [1.29, 1.82) is 0 Å². The molecule has 0 heterocycles. The third kappa shape index (κ3) is 3.70. The van der Waals surface area contributed by atoms with E-state index in [1.54, 1.807) is 64.2 Å². The lowest BCUT2D eigenvalue weighted by Crippen LogP contribution is -2.44. The van der Waals surface area contributed by atoms with E-state index in [1.807, 2.05) is 0 Å². The Balaban J connectivity index is 1.37. The molecule has 0 heteroatoms. The Morgan fingerprint density at radius 1 is 0.600 bits per heavy atom. The summed E-state index contributed by atoms with van der Waals surface area (Å²) in [5, 5.41) is 0. The molecule has 4 rings (SSSR count). The van der Waals surface area contributed by atoms with Crippen molar-refractivity contribution in [3.63, 3.8) is 0 Å². The number of hydrogen-bond acceptors (Lipinski definition) is 0. The third-order valence-corrected chi connectivity index (χ3v) is 9.43. The summed E-state index contributed by atoms with van der Waals surface area (Å²) in [6.07, 6.45) is 20.3. The van der Waals surface area contributed by atoms with Crippen molar-refractivity contribution >= 4 is 0 Å². The van der Waals surface area contributed by atoms with Crippen LogP contribution in [0.4, 0.5) is 0 Å². The largest absolute Gasteiger partial charge is 0.0628 e. The van der Waals surface area contributed by atoms with Crippen LogP contribution < -0.4 is 0 Å². The van der Waals surface area contributed by atoms with Gasteiger partial charge in [0, 0.05) is 0 Å². The molecule has 0 nitrogen and oxygen atoms in total. The zero-order valence-electron chi connectivity index (χ0n) is 17.4.